The summed E-state index contributed by atoms with van der Waals surface area (Å²) in [7, 11) is 0. The molecule has 0 aromatic carbocycles. The molecule has 16 heavy (non-hydrogen) atoms. The molecule has 5 nitrogen and oxygen atoms in total. The van der Waals surface area contributed by atoms with E-state index in [1.54, 1.807) is 6.92 Å². The Labute approximate surface area is 95.4 Å². The highest BCUT2D eigenvalue weighted by molar-refractivity contribution is 5.88. The summed E-state index contributed by atoms with van der Waals surface area (Å²) in [5.41, 5.74) is -1.44. The Kier molecular flexibility index (Phi) is 3.91. The van der Waals surface area contributed by atoms with E-state index in [-0.39, 0.29) is 12.6 Å². The predicted molar refractivity (Wildman–Crippen MR) is 57.7 cm³/mol. The Morgan fingerprint density at radius 3 is 2.38 bits per heavy atom. The zero-order valence-corrected chi connectivity index (χ0v) is 10.0. The van der Waals surface area contributed by atoms with Crippen molar-refractivity contribution in [3.05, 3.63) is 0 Å². The van der Waals surface area contributed by atoms with E-state index in [1.807, 2.05) is 0 Å². The van der Waals surface area contributed by atoms with Crippen LogP contribution in [0.2, 0.25) is 0 Å². The monoisotopic (exact) mass is 229 g/mol. The zero-order valence-electron chi connectivity index (χ0n) is 10.0. The average Bonchev–Trinajstić information content (AvgIpc) is 2.95. The molecule has 0 radical (unpaired) electrons. The van der Waals surface area contributed by atoms with Gasteiger partial charge in [-0.3, -0.25) is 9.59 Å². The summed E-state index contributed by atoms with van der Waals surface area (Å²) >= 11 is 0. The minimum atomic E-state index is -1.44. The first-order chi connectivity index (χ1) is 7.36. The number of carbonyl (C=O) groups excluding carboxylic acids is 2. The van der Waals surface area contributed by atoms with E-state index in [9.17, 15) is 14.7 Å². The highest BCUT2D eigenvalue weighted by atomic mass is 16.5. The van der Waals surface area contributed by atoms with Gasteiger partial charge in [0.15, 0.2) is 0 Å². The lowest BCUT2D eigenvalue weighted by Gasteiger charge is -2.27. The molecule has 1 N–H and O–H groups in total. The van der Waals surface area contributed by atoms with Crippen LogP contribution in [0.1, 0.15) is 33.6 Å². The van der Waals surface area contributed by atoms with Crippen LogP contribution >= 0.6 is 0 Å². The lowest BCUT2D eigenvalue weighted by molar-refractivity contribution is -0.156. The first-order valence-corrected chi connectivity index (χ1v) is 5.55. The molecule has 0 atom stereocenters. The van der Waals surface area contributed by atoms with Crippen LogP contribution in [0.15, 0.2) is 0 Å². The van der Waals surface area contributed by atoms with Crippen LogP contribution in [0.3, 0.4) is 0 Å². The second-order valence-electron chi connectivity index (χ2n) is 4.53. The standard InChI is InChI=1S/C11H19NO4/c1-4-16-9(13)7-12(8-5-6-8)10(14)11(2,3)15/h8,15H,4-7H2,1-3H3. The number of rotatable bonds is 5. The number of hydrogen-bond acceptors (Lipinski definition) is 4. The van der Waals surface area contributed by atoms with Crippen molar-refractivity contribution in [2.24, 2.45) is 0 Å². The van der Waals surface area contributed by atoms with Crippen molar-refractivity contribution in [1.82, 2.24) is 4.90 Å². The predicted octanol–water partition coefficient (Wildman–Crippen LogP) is 0.311. The quantitative estimate of drug-likeness (QED) is 0.689. The number of ether oxygens (including phenoxy) is 1. The van der Waals surface area contributed by atoms with Crippen LogP contribution in [0.25, 0.3) is 0 Å². The molecule has 1 rings (SSSR count). The van der Waals surface area contributed by atoms with Crippen LogP contribution in [0, 0.1) is 0 Å². The smallest absolute Gasteiger partial charge is 0.325 e. The Balaban J connectivity index is 2.61. The highest BCUT2D eigenvalue weighted by Gasteiger charge is 2.39. The molecule has 0 saturated heterocycles. The van der Waals surface area contributed by atoms with Crippen molar-refractivity contribution in [2.75, 3.05) is 13.2 Å². The molecule has 0 aliphatic heterocycles. The maximum Gasteiger partial charge on any atom is 0.325 e. The first-order valence-electron chi connectivity index (χ1n) is 5.55. The first kappa shape index (κ1) is 13.0. The molecule has 0 spiro atoms. The van der Waals surface area contributed by atoms with Gasteiger partial charge >= 0.3 is 5.97 Å². The fraction of sp³-hybridized carbons (Fsp3) is 0.818. The molecule has 0 heterocycles. The molecule has 0 aromatic heterocycles. The van der Waals surface area contributed by atoms with E-state index in [1.165, 1.54) is 18.7 Å². The summed E-state index contributed by atoms with van der Waals surface area (Å²) in [5, 5.41) is 9.63. The van der Waals surface area contributed by atoms with Crippen LogP contribution in [0.4, 0.5) is 0 Å². The third-order valence-corrected chi connectivity index (χ3v) is 2.38. The van der Waals surface area contributed by atoms with Gasteiger partial charge in [0.1, 0.15) is 12.1 Å². The van der Waals surface area contributed by atoms with Crippen LogP contribution in [-0.4, -0.2) is 46.7 Å². The van der Waals surface area contributed by atoms with E-state index in [0.717, 1.165) is 12.8 Å². The second-order valence-corrected chi connectivity index (χ2v) is 4.53. The lowest BCUT2D eigenvalue weighted by atomic mass is 10.1. The number of esters is 1. The van der Waals surface area contributed by atoms with Gasteiger partial charge in [0.05, 0.1) is 6.61 Å². The van der Waals surface area contributed by atoms with Crippen molar-refractivity contribution < 1.29 is 19.4 Å². The van der Waals surface area contributed by atoms with Gasteiger partial charge in [-0.15, -0.1) is 0 Å². The zero-order chi connectivity index (χ0) is 12.3. The summed E-state index contributed by atoms with van der Waals surface area (Å²) in [4.78, 5) is 24.6. The number of nitrogens with zero attached hydrogens (tertiary/aromatic N) is 1. The van der Waals surface area contributed by atoms with Gasteiger partial charge in [-0.05, 0) is 33.6 Å². The lowest BCUT2D eigenvalue weighted by Crippen LogP contribution is -2.48. The Bertz CT molecular complexity index is 278. The van der Waals surface area contributed by atoms with E-state index >= 15 is 0 Å². The molecule has 1 aliphatic rings. The summed E-state index contributed by atoms with van der Waals surface area (Å²) in [6.07, 6.45) is 1.78. The molecule has 92 valence electrons. The van der Waals surface area contributed by atoms with Crippen molar-refractivity contribution in [3.63, 3.8) is 0 Å². The van der Waals surface area contributed by atoms with E-state index < -0.39 is 17.5 Å². The van der Waals surface area contributed by atoms with Crippen LogP contribution in [0.5, 0.6) is 0 Å². The number of carbonyl (C=O) groups is 2. The fourth-order valence-corrected chi connectivity index (χ4v) is 1.45. The summed E-state index contributed by atoms with van der Waals surface area (Å²) < 4.78 is 4.80. The molecular weight excluding hydrogens is 210 g/mol. The van der Waals surface area contributed by atoms with Gasteiger partial charge in [-0.2, -0.15) is 0 Å². The van der Waals surface area contributed by atoms with Crippen molar-refractivity contribution in [1.29, 1.82) is 0 Å². The molecule has 1 amide bonds. The summed E-state index contributed by atoms with van der Waals surface area (Å²) in [6.45, 7) is 4.80. The van der Waals surface area contributed by atoms with Gasteiger partial charge < -0.3 is 14.7 Å². The molecule has 0 unspecified atom stereocenters. The van der Waals surface area contributed by atoms with Crippen LogP contribution < -0.4 is 0 Å². The Hall–Kier alpha value is -1.10. The summed E-state index contributed by atoms with van der Waals surface area (Å²) in [5.74, 6) is -0.838. The van der Waals surface area contributed by atoms with Gasteiger partial charge in [-0.25, -0.2) is 0 Å². The SMILES string of the molecule is CCOC(=O)CN(C(=O)C(C)(C)O)C1CC1. The second kappa shape index (κ2) is 4.82. The largest absolute Gasteiger partial charge is 0.465 e. The summed E-state index contributed by atoms with van der Waals surface area (Å²) in [6, 6.07) is 0.0864. The molecule has 5 heteroatoms. The number of hydrogen-bond donors (Lipinski definition) is 1. The van der Waals surface area contributed by atoms with Crippen molar-refractivity contribution >= 4 is 11.9 Å². The number of amides is 1. The van der Waals surface area contributed by atoms with Crippen molar-refractivity contribution in [3.8, 4) is 0 Å². The molecule has 1 fully saturated rings. The number of aliphatic hydroxyl groups is 1. The molecule has 1 aliphatic carbocycles. The molecule has 0 bridgehead atoms. The van der Waals surface area contributed by atoms with Crippen molar-refractivity contribution in [2.45, 2.75) is 45.3 Å². The third kappa shape index (κ3) is 3.48. The van der Waals surface area contributed by atoms with Gasteiger partial charge in [0.2, 0.25) is 0 Å². The normalized spacial score (nSPS) is 15.8. The Morgan fingerprint density at radius 2 is 2.00 bits per heavy atom. The van der Waals surface area contributed by atoms with Gasteiger partial charge in [0, 0.05) is 6.04 Å². The fourth-order valence-electron chi connectivity index (χ4n) is 1.45. The maximum absolute atomic E-state index is 11.9. The van der Waals surface area contributed by atoms with E-state index in [0.29, 0.717) is 6.61 Å². The van der Waals surface area contributed by atoms with Gasteiger partial charge in [0.25, 0.3) is 5.91 Å². The molecule has 1 saturated carbocycles. The molecule has 0 aromatic rings. The van der Waals surface area contributed by atoms with Gasteiger partial charge in [-0.1, -0.05) is 0 Å². The van der Waals surface area contributed by atoms with E-state index in [4.69, 9.17) is 4.74 Å². The third-order valence-electron chi connectivity index (χ3n) is 2.38. The maximum atomic E-state index is 11.9. The average molecular weight is 229 g/mol. The van der Waals surface area contributed by atoms with E-state index in [2.05, 4.69) is 0 Å². The minimum Gasteiger partial charge on any atom is -0.465 e. The Morgan fingerprint density at radius 1 is 1.44 bits per heavy atom. The highest BCUT2D eigenvalue weighted by Crippen LogP contribution is 2.28. The topological polar surface area (TPSA) is 66.8 Å². The van der Waals surface area contributed by atoms with Crippen LogP contribution in [-0.2, 0) is 14.3 Å². The minimum absolute atomic E-state index is 0.0681. The molecular formula is C11H19NO4.